The topological polar surface area (TPSA) is 42.4 Å². The lowest BCUT2D eigenvalue weighted by Gasteiger charge is -2.42. The minimum Gasteiger partial charge on any atom is -0.464 e. The highest BCUT2D eigenvalue weighted by Gasteiger charge is 2.33. The number of likely N-dealkylation sites (tertiary alicyclic amines) is 1. The number of benzene rings is 1. The predicted molar refractivity (Wildman–Crippen MR) is 77.9 cm³/mol. The van der Waals surface area contributed by atoms with Crippen molar-refractivity contribution in [2.75, 3.05) is 13.1 Å². The highest BCUT2D eigenvalue weighted by Crippen LogP contribution is 2.30. The van der Waals surface area contributed by atoms with Crippen LogP contribution < -0.4 is 5.73 Å². The van der Waals surface area contributed by atoms with E-state index in [1.54, 1.807) is 0 Å². The second kappa shape index (κ2) is 4.66. The number of hydrogen-bond acceptors (Lipinski definition) is 3. The fraction of sp³-hybridized carbons (Fsp3) is 0.500. The maximum absolute atomic E-state index is 6.19. The summed E-state index contributed by atoms with van der Waals surface area (Å²) in [6.45, 7) is 7.60. The van der Waals surface area contributed by atoms with Crippen LogP contribution in [0.2, 0.25) is 0 Å². The second-order valence-electron chi connectivity index (χ2n) is 6.35. The molecule has 19 heavy (non-hydrogen) atoms. The van der Waals surface area contributed by atoms with Gasteiger partial charge >= 0.3 is 0 Å². The van der Waals surface area contributed by atoms with Crippen LogP contribution >= 0.6 is 0 Å². The fourth-order valence-electron chi connectivity index (χ4n) is 3.02. The molecule has 1 saturated heterocycles. The summed E-state index contributed by atoms with van der Waals surface area (Å²) in [5.74, 6) is 0. The van der Waals surface area contributed by atoms with Crippen molar-refractivity contribution in [3.05, 3.63) is 36.1 Å². The van der Waals surface area contributed by atoms with Gasteiger partial charge in [0.1, 0.15) is 5.58 Å². The lowest BCUT2D eigenvalue weighted by atomic mass is 9.79. The summed E-state index contributed by atoms with van der Waals surface area (Å²) in [6.07, 6.45) is 2.97. The van der Waals surface area contributed by atoms with E-state index in [1.165, 1.54) is 10.9 Å². The first-order valence-electron chi connectivity index (χ1n) is 6.99. The maximum atomic E-state index is 6.19. The lowest BCUT2D eigenvalue weighted by Crippen LogP contribution is -2.52. The van der Waals surface area contributed by atoms with Crippen molar-refractivity contribution in [2.45, 2.75) is 32.9 Å². The van der Waals surface area contributed by atoms with Crippen LogP contribution in [-0.2, 0) is 6.54 Å². The third-order valence-electron chi connectivity index (χ3n) is 4.35. The fourth-order valence-corrected chi connectivity index (χ4v) is 3.02. The van der Waals surface area contributed by atoms with Gasteiger partial charge < -0.3 is 10.2 Å². The molecule has 2 aromatic rings. The largest absolute Gasteiger partial charge is 0.464 e. The van der Waals surface area contributed by atoms with Crippen molar-refractivity contribution in [3.63, 3.8) is 0 Å². The van der Waals surface area contributed by atoms with E-state index >= 15 is 0 Å². The first kappa shape index (κ1) is 12.7. The zero-order chi connectivity index (χ0) is 13.5. The van der Waals surface area contributed by atoms with Crippen molar-refractivity contribution in [1.82, 2.24) is 4.90 Å². The Hall–Kier alpha value is -1.32. The molecule has 3 nitrogen and oxygen atoms in total. The average Bonchev–Trinajstić information content (AvgIpc) is 2.77. The molecule has 2 heterocycles. The molecule has 1 atom stereocenters. The maximum Gasteiger partial charge on any atom is 0.134 e. The summed E-state index contributed by atoms with van der Waals surface area (Å²) in [7, 11) is 0. The molecule has 1 unspecified atom stereocenters. The van der Waals surface area contributed by atoms with Gasteiger partial charge in [-0.05, 0) is 17.9 Å². The molecule has 0 saturated carbocycles. The summed E-state index contributed by atoms with van der Waals surface area (Å²) < 4.78 is 5.61. The quantitative estimate of drug-likeness (QED) is 0.900. The minimum absolute atomic E-state index is 0.192. The van der Waals surface area contributed by atoms with Crippen molar-refractivity contribution < 1.29 is 4.42 Å². The van der Waals surface area contributed by atoms with E-state index < -0.39 is 0 Å². The third-order valence-corrected chi connectivity index (χ3v) is 4.35. The summed E-state index contributed by atoms with van der Waals surface area (Å²) in [5.41, 5.74) is 8.64. The molecule has 0 bridgehead atoms. The number of hydrogen-bond donors (Lipinski definition) is 1. The number of piperidine rings is 1. The van der Waals surface area contributed by atoms with Gasteiger partial charge in [-0.25, -0.2) is 0 Å². The lowest BCUT2D eigenvalue weighted by molar-refractivity contribution is 0.0900. The molecule has 1 aromatic carbocycles. The molecule has 3 rings (SSSR count). The Bertz CT molecular complexity index is 573. The zero-order valence-electron chi connectivity index (χ0n) is 11.7. The number of para-hydroxylation sites is 1. The predicted octanol–water partition coefficient (Wildman–Crippen LogP) is 2.99. The monoisotopic (exact) mass is 258 g/mol. The number of nitrogens with zero attached hydrogens (tertiary/aromatic N) is 1. The molecule has 0 spiro atoms. The van der Waals surface area contributed by atoms with E-state index in [0.29, 0.717) is 6.04 Å². The number of nitrogens with two attached hydrogens (primary N) is 1. The molecule has 0 radical (unpaired) electrons. The minimum atomic E-state index is 0.192. The summed E-state index contributed by atoms with van der Waals surface area (Å²) in [6, 6.07) is 8.55. The third kappa shape index (κ3) is 2.40. The summed E-state index contributed by atoms with van der Waals surface area (Å²) in [4.78, 5) is 2.49. The molecule has 0 aliphatic carbocycles. The van der Waals surface area contributed by atoms with Crippen LogP contribution in [0.5, 0.6) is 0 Å². The van der Waals surface area contributed by atoms with Crippen LogP contribution in [0.15, 0.2) is 34.9 Å². The standard InChI is InChI=1S/C16H22N2O/c1-16(2)11-18(8-7-15(16)17)9-12-10-19-14-6-4-3-5-13(12)14/h3-6,10,15H,7-9,11,17H2,1-2H3. The van der Waals surface area contributed by atoms with Gasteiger partial charge in [0, 0.05) is 36.6 Å². The van der Waals surface area contributed by atoms with Gasteiger partial charge in [0.2, 0.25) is 0 Å². The van der Waals surface area contributed by atoms with E-state index in [2.05, 4.69) is 30.9 Å². The molecule has 0 amide bonds. The first-order valence-corrected chi connectivity index (χ1v) is 6.99. The Labute approximate surface area is 114 Å². The van der Waals surface area contributed by atoms with Crippen LogP contribution in [-0.4, -0.2) is 24.0 Å². The van der Waals surface area contributed by atoms with E-state index in [4.69, 9.17) is 10.2 Å². The van der Waals surface area contributed by atoms with Gasteiger partial charge in [0.25, 0.3) is 0 Å². The molecular formula is C16H22N2O. The molecule has 1 aliphatic rings. The van der Waals surface area contributed by atoms with Crippen molar-refractivity contribution in [3.8, 4) is 0 Å². The Balaban J connectivity index is 1.79. The number of fused-ring (bicyclic) bond motifs is 1. The van der Waals surface area contributed by atoms with Gasteiger partial charge in [-0.3, -0.25) is 4.90 Å². The average molecular weight is 258 g/mol. The first-order chi connectivity index (χ1) is 9.06. The van der Waals surface area contributed by atoms with E-state index in [0.717, 1.165) is 31.6 Å². The second-order valence-corrected chi connectivity index (χ2v) is 6.35. The van der Waals surface area contributed by atoms with Crippen molar-refractivity contribution in [2.24, 2.45) is 11.1 Å². The molecule has 102 valence electrons. The van der Waals surface area contributed by atoms with Crippen molar-refractivity contribution in [1.29, 1.82) is 0 Å². The Morgan fingerprint density at radius 1 is 1.37 bits per heavy atom. The Morgan fingerprint density at radius 3 is 2.95 bits per heavy atom. The molecule has 1 aliphatic heterocycles. The number of furan rings is 1. The van der Waals surface area contributed by atoms with E-state index in [-0.39, 0.29) is 5.41 Å². The van der Waals surface area contributed by atoms with Crippen LogP contribution in [0, 0.1) is 5.41 Å². The zero-order valence-corrected chi connectivity index (χ0v) is 11.7. The molecule has 3 heteroatoms. The smallest absolute Gasteiger partial charge is 0.134 e. The van der Waals surface area contributed by atoms with Crippen molar-refractivity contribution >= 4 is 11.0 Å². The highest BCUT2D eigenvalue weighted by molar-refractivity contribution is 5.80. The van der Waals surface area contributed by atoms with Gasteiger partial charge in [0.15, 0.2) is 0 Å². The van der Waals surface area contributed by atoms with Crippen LogP contribution in [0.25, 0.3) is 11.0 Å². The van der Waals surface area contributed by atoms with Gasteiger partial charge in [-0.15, -0.1) is 0 Å². The summed E-state index contributed by atoms with van der Waals surface area (Å²) in [5, 5.41) is 1.23. The SMILES string of the molecule is CC1(C)CN(Cc2coc3ccccc23)CCC1N. The molecule has 1 fully saturated rings. The number of rotatable bonds is 2. The Kier molecular flexibility index (Phi) is 3.11. The van der Waals surface area contributed by atoms with Gasteiger partial charge in [0.05, 0.1) is 6.26 Å². The van der Waals surface area contributed by atoms with Gasteiger partial charge in [-0.2, -0.15) is 0 Å². The summed E-state index contributed by atoms with van der Waals surface area (Å²) >= 11 is 0. The highest BCUT2D eigenvalue weighted by atomic mass is 16.3. The van der Waals surface area contributed by atoms with Crippen LogP contribution in [0.4, 0.5) is 0 Å². The Morgan fingerprint density at radius 2 is 2.16 bits per heavy atom. The normalized spacial score (nSPS) is 23.8. The van der Waals surface area contributed by atoms with E-state index in [9.17, 15) is 0 Å². The van der Waals surface area contributed by atoms with E-state index in [1.807, 2.05) is 18.4 Å². The van der Waals surface area contributed by atoms with Crippen LogP contribution in [0.1, 0.15) is 25.8 Å². The molecule has 2 N–H and O–H groups in total. The molecule has 1 aromatic heterocycles. The van der Waals surface area contributed by atoms with Gasteiger partial charge in [-0.1, -0.05) is 32.0 Å². The van der Waals surface area contributed by atoms with Crippen LogP contribution in [0.3, 0.4) is 0 Å². The molecular weight excluding hydrogens is 236 g/mol.